The standard InChI is InChI=1S/C21H29NO2/c1-13-4-6-18(10-14(13)2)20(23)8-9-21(24)22-15(3)19-12-16-5-7-17(19)11-16/h4,6,10,15-17,19H,5,7-9,11-12H2,1-3H3,(H,22,24)/t15-,16-,17-,19+/m0/s1. The van der Waals surface area contributed by atoms with Crippen molar-refractivity contribution in [2.24, 2.45) is 17.8 Å². The molecule has 0 heterocycles. The molecule has 1 amide bonds. The fourth-order valence-electron chi connectivity index (χ4n) is 4.63. The average Bonchev–Trinajstić information content (AvgIpc) is 3.18. The highest BCUT2D eigenvalue weighted by Gasteiger charge is 2.42. The molecule has 2 aliphatic rings. The maximum absolute atomic E-state index is 12.3. The molecule has 0 unspecified atom stereocenters. The van der Waals surface area contributed by atoms with E-state index >= 15 is 0 Å². The summed E-state index contributed by atoms with van der Waals surface area (Å²) in [4.78, 5) is 24.5. The number of carbonyl (C=O) groups excluding carboxylic acids is 2. The Hall–Kier alpha value is -1.64. The van der Waals surface area contributed by atoms with E-state index in [0.717, 1.165) is 17.4 Å². The Bertz CT molecular complexity index is 637. The fraction of sp³-hybridized carbons (Fsp3) is 0.619. The van der Waals surface area contributed by atoms with E-state index in [1.54, 1.807) is 0 Å². The minimum absolute atomic E-state index is 0.0162. The van der Waals surface area contributed by atoms with Gasteiger partial charge in [0.25, 0.3) is 0 Å². The van der Waals surface area contributed by atoms with Gasteiger partial charge < -0.3 is 5.32 Å². The van der Waals surface area contributed by atoms with Crippen molar-refractivity contribution in [3.63, 3.8) is 0 Å². The Labute approximate surface area is 145 Å². The molecule has 2 saturated carbocycles. The van der Waals surface area contributed by atoms with E-state index < -0.39 is 0 Å². The molecule has 3 heteroatoms. The minimum Gasteiger partial charge on any atom is -0.353 e. The van der Waals surface area contributed by atoms with Crippen molar-refractivity contribution in [1.29, 1.82) is 0 Å². The lowest BCUT2D eigenvalue weighted by Gasteiger charge is -2.28. The Morgan fingerprint density at radius 1 is 1.12 bits per heavy atom. The number of hydrogen-bond acceptors (Lipinski definition) is 2. The van der Waals surface area contributed by atoms with Crippen molar-refractivity contribution in [3.05, 3.63) is 34.9 Å². The largest absolute Gasteiger partial charge is 0.353 e. The molecule has 0 aromatic heterocycles. The summed E-state index contributed by atoms with van der Waals surface area (Å²) in [6.45, 7) is 6.18. The number of amides is 1. The Balaban J connectivity index is 1.46. The van der Waals surface area contributed by atoms with Crippen LogP contribution in [0.3, 0.4) is 0 Å². The molecule has 0 radical (unpaired) electrons. The summed E-state index contributed by atoms with van der Waals surface area (Å²) in [5.74, 6) is 2.42. The molecule has 3 nitrogen and oxygen atoms in total. The lowest BCUT2D eigenvalue weighted by atomic mass is 9.84. The molecule has 1 aromatic rings. The zero-order chi connectivity index (χ0) is 17.3. The van der Waals surface area contributed by atoms with Gasteiger partial charge in [-0.05, 0) is 75.0 Å². The molecular formula is C21H29NO2. The van der Waals surface area contributed by atoms with Crippen molar-refractivity contribution in [2.45, 2.75) is 65.3 Å². The number of hydrogen-bond donors (Lipinski definition) is 1. The molecule has 1 N–H and O–H groups in total. The predicted molar refractivity (Wildman–Crippen MR) is 96.0 cm³/mol. The summed E-state index contributed by atoms with van der Waals surface area (Å²) in [5.41, 5.74) is 3.02. The van der Waals surface area contributed by atoms with Crippen LogP contribution in [0.5, 0.6) is 0 Å². The van der Waals surface area contributed by atoms with E-state index in [1.165, 1.54) is 31.2 Å². The molecule has 0 aliphatic heterocycles. The van der Waals surface area contributed by atoms with Gasteiger partial charge in [-0.15, -0.1) is 0 Å². The van der Waals surface area contributed by atoms with E-state index in [0.29, 0.717) is 11.5 Å². The molecule has 2 aliphatic carbocycles. The molecule has 4 atom stereocenters. The van der Waals surface area contributed by atoms with Crippen LogP contribution in [-0.2, 0) is 4.79 Å². The van der Waals surface area contributed by atoms with E-state index in [1.807, 2.05) is 32.0 Å². The van der Waals surface area contributed by atoms with Gasteiger partial charge in [0.1, 0.15) is 0 Å². The minimum atomic E-state index is 0.0162. The molecule has 0 saturated heterocycles. The first-order valence-electron chi connectivity index (χ1n) is 9.34. The molecular weight excluding hydrogens is 298 g/mol. The third-order valence-electron chi connectivity index (χ3n) is 6.23. The molecule has 2 bridgehead atoms. The van der Waals surface area contributed by atoms with Crippen LogP contribution in [0.4, 0.5) is 0 Å². The lowest BCUT2D eigenvalue weighted by molar-refractivity contribution is -0.122. The van der Waals surface area contributed by atoms with Gasteiger partial charge in [-0.3, -0.25) is 9.59 Å². The first kappa shape index (κ1) is 17.2. The zero-order valence-electron chi connectivity index (χ0n) is 15.1. The van der Waals surface area contributed by atoms with E-state index in [-0.39, 0.29) is 30.6 Å². The number of aryl methyl sites for hydroxylation is 2. The van der Waals surface area contributed by atoms with Crippen molar-refractivity contribution >= 4 is 11.7 Å². The lowest BCUT2D eigenvalue weighted by Crippen LogP contribution is -2.40. The summed E-state index contributed by atoms with van der Waals surface area (Å²) in [6, 6.07) is 6.00. The van der Waals surface area contributed by atoms with E-state index in [2.05, 4.69) is 12.2 Å². The van der Waals surface area contributed by atoms with Crippen LogP contribution in [0.25, 0.3) is 0 Å². The Morgan fingerprint density at radius 3 is 2.54 bits per heavy atom. The summed E-state index contributed by atoms with van der Waals surface area (Å²) in [7, 11) is 0. The monoisotopic (exact) mass is 327 g/mol. The van der Waals surface area contributed by atoms with Crippen molar-refractivity contribution in [3.8, 4) is 0 Å². The van der Waals surface area contributed by atoms with Gasteiger partial charge in [0.05, 0.1) is 0 Å². The number of carbonyl (C=O) groups is 2. The zero-order valence-corrected chi connectivity index (χ0v) is 15.1. The second-order valence-corrected chi connectivity index (χ2v) is 7.92. The van der Waals surface area contributed by atoms with E-state index in [4.69, 9.17) is 0 Å². The molecule has 130 valence electrons. The number of fused-ring (bicyclic) bond motifs is 2. The van der Waals surface area contributed by atoms with Crippen LogP contribution in [-0.4, -0.2) is 17.7 Å². The number of benzene rings is 1. The van der Waals surface area contributed by atoms with Gasteiger partial charge in [0.2, 0.25) is 5.91 Å². The summed E-state index contributed by atoms with van der Waals surface area (Å²) >= 11 is 0. The van der Waals surface area contributed by atoms with Crippen LogP contribution in [0, 0.1) is 31.6 Å². The quantitative estimate of drug-likeness (QED) is 0.796. The first-order chi connectivity index (χ1) is 11.4. The predicted octanol–water partition coefficient (Wildman–Crippen LogP) is 4.21. The third kappa shape index (κ3) is 3.71. The van der Waals surface area contributed by atoms with Gasteiger partial charge in [0.15, 0.2) is 5.78 Å². The molecule has 1 aromatic carbocycles. The first-order valence-corrected chi connectivity index (χ1v) is 9.34. The van der Waals surface area contributed by atoms with Crippen LogP contribution in [0.2, 0.25) is 0 Å². The Kier molecular flexibility index (Phi) is 5.07. The maximum Gasteiger partial charge on any atom is 0.220 e. The number of ketones is 1. The van der Waals surface area contributed by atoms with Gasteiger partial charge >= 0.3 is 0 Å². The fourth-order valence-corrected chi connectivity index (χ4v) is 4.63. The molecule has 0 spiro atoms. The molecule has 2 fully saturated rings. The summed E-state index contributed by atoms with van der Waals surface area (Å²) < 4.78 is 0. The normalized spacial score (nSPS) is 26.4. The maximum atomic E-state index is 12.3. The highest BCUT2D eigenvalue weighted by atomic mass is 16.2. The van der Waals surface area contributed by atoms with Crippen LogP contribution < -0.4 is 5.32 Å². The number of rotatable bonds is 6. The van der Waals surface area contributed by atoms with E-state index in [9.17, 15) is 9.59 Å². The topological polar surface area (TPSA) is 46.2 Å². The SMILES string of the molecule is Cc1ccc(C(=O)CCC(=O)N[C@@H](C)[C@H]2C[C@H]3CC[C@H]2C3)cc1C. The second kappa shape index (κ2) is 7.08. The Morgan fingerprint density at radius 2 is 1.92 bits per heavy atom. The van der Waals surface area contributed by atoms with Gasteiger partial charge in [-0.2, -0.15) is 0 Å². The smallest absolute Gasteiger partial charge is 0.220 e. The summed E-state index contributed by atoms with van der Waals surface area (Å²) in [6.07, 6.45) is 5.92. The third-order valence-corrected chi connectivity index (χ3v) is 6.23. The van der Waals surface area contributed by atoms with Crippen LogP contribution in [0.15, 0.2) is 18.2 Å². The highest BCUT2D eigenvalue weighted by Crippen LogP contribution is 2.49. The molecule has 24 heavy (non-hydrogen) atoms. The average molecular weight is 327 g/mol. The van der Waals surface area contributed by atoms with Gasteiger partial charge in [0, 0.05) is 24.4 Å². The number of nitrogens with one attached hydrogen (secondary N) is 1. The van der Waals surface area contributed by atoms with Gasteiger partial charge in [-0.25, -0.2) is 0 Å². The van der Waals surface area contributed by atoms with Crippen LogP contribution >= 0.6 is 0 Å². The van der Waals surface area contributed by atoms with Gasteiger partial charge in [-0.1, -0.05) is 18.6 Å². The van der Waals surface area contributed by atoms with Crippen molar-refractivity contribution in [2.75, 3.05) is 0 Å². The van der Waals surface area contributed by atoms with Crippen LogP contribution in [0.1, 0.15) is 66.9 Å². The van der Waals surface area contributed by atoms with Crippen molar-refractivity contribution < 1.29 is 9.59 Å². The summed E-state index contributed by atoms with van der Waals surface area (Å²) in [5, 5.41) is 3.14. The second-order valence-electron chi connectivity index (χ2n) is 7.92. The van der Waals surface area contributed by atoms with Crippen molar-refractivity contribution in [1.82, 2.24) is 5.32 Å². The number of Topliss-reactive ketones (excluding diaryl/α,β-unsaturated/α-hetero) is 1. The molecule has 3 rings (SSSR count). The highest BCUT2D eigenvalue weighted by molar-refractivity contribution is 5.98.